The molecule has 0 bridgehead atoms. The van der Waals surface area contributed by atoms with Gasteiger partial charge in [-0.3, -0.25) is 4.79 Å². The fraction of sp³-hybridized carbons (Fsp3) is 0.462. The first-order chi connectivity index (χ1) is 7.67. The topological polar surface area (TPSA) is 38.3 Å². The van der Waals surface area contributed by atoms with E-state index in [0.717, 1.165) is 23.4 Å². The molecule has 0 fully saturated rings. The second kappa shape index (κ2) is 6.28. The van der Waals surface area contributed by atoms with Crippen molar-refractivity contribution in [2.75, 3.05) is 20.2 Å². The van der Waals surface area contributed by atoms with Crippen molar-refractivity contribution in [3.05, 3.63) is 29.3 Å². The molecule has 1 aromatic carbocycles. The van der Waals surface area contributed by atoms with Crippen LogP contribution in [0, 0.1) is 6.92 Å². The Morgan fingerprint density at radius 3 is 2.81 bits per heavy atom. The minimum absolute atomic E-state index is 0.186. The van der Waals surface area contributed by atoms with E-state index in [4.69, 9.17) is 4.74 Å². The standard InChI is InChI=1S/C13H19NO2/c1-4-14-9-12(15)8-11-7-10(2)5-6-13(11)16-3/h5-7,14H,4,8-9H2,1-3H3. The number of benzene rings is 1. The average Bonchev–Trinajstić information content (AvgIpc) is 2.27. The summed E-state index contributed by atoms with van der Waals surface area (Å²) in [6.45, 7) is 5.24. The van der Waals surface area contributed by atoms with Crippen LogP contribution >= 0.6 is 0 Å². The van der Waals surface area contributed by atoms with E-state index in [-0.39, 0.29) is 5.78 Å². The number of methoxy groups -OCH3 is 1. The molecule has 3 heteroatoms. The molecule has 88 valence electrons. The van der Waals surface area contributed by atoms with E-state index in [9.17, 15) is 4.79 Å². The van der Waals surface area contributed by atoms with Crippen molar-refractivity contribution in [2.24, 2.45) is 0 Å². The van der Waals surface area contributed by atoms with Crippen LogP contribution in [-0.4, -0.2) is 26.0 Å². The molecule has 0 saturated carbocycles. The number of ether oxygens (including phenoxy) is 1. The van der Waals surface area contributed by atoms with Gasteiger partial charge in [-0.2, -0.15) is 0 Å². The highest BCUT2D eigenvalue weighted by Gasteiger charge is 2.08. The molecule has 0 saturated heterocycles. The lowest BCUT2D eigenvalue weighted by atomic mass is 10.0. The van der Waals surface area contributed by atoms with E-state index in [1.54, 1.807) is 7.11 Å². The first kappa shape index (κ1) is 12.7. The van der Waals surface area contributed by atoms with Crippen molar-refractivity contribution in [3.63, 3.8) is 0 Å². The smallest absolute Gasteiger partial charge is 0.151 e. The van der Waals surface area contributed by atoms with E-state index in [1.807, 2.05) is 32.0 Å². The fourth-order valence-corrected chi connectivity index (χ4v) is 1.58. The molecular weight excluding hydrogens is 202 g/mol. The lowest BCUT2D eigenvalue weighted by molar-refractivity contribution is -0.117. The number of nitrogens with one attached hydrogen (secondary N) is 1. The van der Waals surface area contributed by atoms with Crippen molar-refractivity contribution in [1.29, 1.82) is 0 Å². The van der Waals surface area contributed by atoms with Crippen molar-refractivity contribution in [2.45, 2.75) is 20.3 Å². The van der Waals surface area contributed by atoms with Crippen LogP contribution < -0.4 is 10.1 Å². The van der Waals surface area contributed by atoms with Gasteiger partial charge in [0.05, 0.1) is 13.7 Å². The highest BCUT2D eigenvalue weighted by Crippen LogP contribution is 2.20. The fourth-order valence-electron chi connectivity index (χ4n) is 1.58. The van der Waals surface area contributed by atoms with Crippen LogP contribution in [0.3, 0.4) is 0 Å². The predicted molar refractivity (Wildman–Crippen MR) is 65.0 cm³/mol. The average molecular weight is 221 g/mol. The Bertz CT molecular complexity index is 361. The third-order valence-corrected chi connectivity index (χ3v) is 2.40. The zero-order valence-corrected chi connectivity index (χ0v) is 10.2. The van der Waals surface area contributed by atoms with Gasteiger partial charge < -0.3 is 10.1 Å². The molecule has 0 radical (unpaired) electrons. The normalized spacial score (nSPS) is 10.2. The first-order valence-corrected chi connectivity index (χ1v) is 5.53. The second-order valence-electron chi connectivity index (χ2n) is 3.81. The van der Waals surface area contributed by atoms with Crippen LogP contribution in [0.15, 0.2) is 18.2 Å². The van der Waals surface area contributed by atoms with Gasteiger partial charge in [0.25, 0.3) is 0 Å². The summed E-state index contributed by atoms with van der Waals surface area (Å²) in [6.07, 6.45) is 0.428. The maximum atomic E-state index is 11.6. The Balaban J connectivity index is 2.71. The number of aryl methyl sites for hydroxylation is 1. The third kappa shape index (κ3) is 3.66. The zero-order chi connectivity index (χ0) is 12.0. The Morgan fingerprint density at radius 1 is 1.44 bits per heavy atom. The first-order valence-electron chi connectivity index (χ1n) is 5.53. The van der Waals surface area contributed by atoms with Crippen molar-refractivity contribution < 1.29 is 9.53 Å². The molecule has 0 aliphatic carbocycles. The lowest BCUT2D eigenvalue weighted by Gasteiger charge is -2.09. The molecule has 1 N–H and O–H groups in total. The molecule has 0 aliphatic heterocycles. The largest absolute Gasteiger partial charge is 0.496 e. The van der Waals surface area contributed by atoms with Gasteiger partial charge in [-0.05, 0) is 19.5 Å². The highest BCUT2D eigenvalue weighted by molar-refractivity contribution is 5.83. The van der Waals surface area contributed by atoms with Gasteiger partial charge in [0.15, 0.2) is 5.78 Å². The van der Waals surface area contributed by atoms with Gasteiger partial charge in [0, 0.05) is 12.0 Å². The Hall–Kier alpha value is -1.35. The highest BCUT2D eigenvalue weighted by atomic mass is 16.5. The summed E-state index contributed by atoms with van der Waals surface area (Å²) >= 11 is 0. The number of carbonyl (C=O) groups excluding carboxylic acids is 1. The molecule has 0 spiro atoms. The van der Waals surface area contributed by atoms with E-state index in [1.165, 1.54) is 0 Å². The minimum Gasteiger partial charge on any atom is -0.496 e. The summed E-state index contributed by atoms with van der Waals surface area (Å²) in [5, 5.41) is 3.03. The molecule has 0 unspecified atom stereocenters. The predicted octanol–water partition coefficient (Wildman–Crippen LogP) is 1.72. The monoisotopic (exact) mass is 221 g/mol. The number of hydrogen-bond donors (Lipinski definition) is 1. The molecule has 0 amide bonds. The SMILES string of the molecule is CCNCC(=O)Cc1cc(C)ccc1OC. The number of ketones is 1. The quantitative estimate of drug-likeness (QED) is 0.795. The third-order valence-electron chi connectivity index (χ3n) is 2.40. The van der Waals surface area contributed by atoms with Crippen molar-refractivity contribution >= 4 is 5.78 Å². The van der Waals surface area contributed by atoms with Gasteiger partial charge in [0.1, 0.15) is 5.75 Å². The van der Waals surface area contributed by atoms with Gasteiger partial charge in [0.2, 0.25) is 0 Å². The molecule has 1 aromatic rings. The lowest BCUT2D eigenvalue weighted by Crippen LogP contribution is -2.23. The van der Waals surface area contributed by atoms with Crippen LogP contribution in [0.2, 0.25) is 0 Å². The summed E-state index contributed by atoms with van der Waals surface area (Å²) in [5.74, 6) is 0.973. The Morgan fingerprint density at radius 2 is 2.19 bits per heavy atom. The summed E-state index contributed by atoms with van der Waals surface area (Å²) < 4.78 is 5.23. The van der Waals surface area contributed by atoms with E-state index < -0.39 is 0 Å². The van der Waals surface area contributed by atoms with Crippen molar-refractivity contribution in [1.82, 2.24) is 5.32 Å². The van der Waals surface area contributed by atoms with Gasteiger partial charge >= 0.3 is 0 Å². The number of rotatable bonds is 6. The summed E-state index contributed by atoms with van der Waals surface area (Å²) in [4.78, 5) is 11.6. The minimum atomic E-state index is 0.186. The van der Waals surface area contributed by atoms with Crippen LogP contribution in [0.1, 0.15) is 18.1 Å². The van der Waals surface area contributed by atoms with Crippen LogP contribution in [0.4, 0.5) is 0 Å². The van der Waals surface area contributed by atoms with Crippen LogP contribution in [0.5, 0.6) is 5.75 Å². The molecule has 0 heterocycles. The Labute approximate surface area is 96.8 Å². The molecule has 3 nitrogen and oxygen atoms in total. The Kier molecular flexibility index (Phi) is 4.99. The summed E-state index contributed by atoms with van der Waals surface area (Å²) in [6, 6.07) is 5.89. The molecule has 1 rings (SSSR count). The van der Waals surface area contributed by atoms with E-state index >= 15 is 0 Å². The zero-order valence-electron chi connectivity index (χ0n) is 10.2. The molecule has 0 aliphatic rings. The molecule has 16 heavy (non-hydrogen) atoms. The van der Waals surface area contributed by atoms with E-state index in [2.05, 4.69) is 5.32 Å². The van der Waals surface area contributed by atoms with Crippen LogP contribution in [-0.2, 0) is 11.2 Å². The van der Waals surface area contributed by atoms with Crippen molar-refractivity contribution in [3.8, 4) is 5.75 Å². The number of likely N-dealkylation sites (N-methyl/N-ethyl adjacent to an activating group) is 1. The van der Waals surface area contributed by atoms with Crippen LogP contribution in [0.25, 0.3) is 0 Å². The maximum absolute atomic E-state index is 11.6. The maximum Gasteiger partial charge on any atom is 0.151 e. The van der Waals surface area contributed by atoms with Gasteiger partial charge in [-0.25, -0.2) is 0 Å². The van der Waals surface area contributed by atoms with Gasteiger partial charge in [-0.15, -0.1) is 0 Å². The molecule has 0 atom stereocenters. The van der Waals surface area contributed by atoms with Gasteiger partial charge in [-0.1, -0.05) is 24.6 Å². The number of carbonyl (C=O) groups is 1. The second-order valence-corrected chi connectivity index (χ2v) is 3.81. The number of Topliss-reactive ketones (excluding diaryl/α,β-unsaturated/α-hetero) is 1. The summed E-state index contributed by atoms with van der Waals surface area (Å²) in [7, 11) is 1.63. The molecule has 0 aromatic heterocycles. The van der Waals surface area contributed by atoms with E-state index in [0.29, 0.717) is 13.0 Å². The summed E-state index contributed by atoms with van der Waals surface area (Å²) in [5.41, 5.74) is 2.11. The number of hydrogen-bond acceptors (Lipinski definition) is 3. The molecular formula is C13H19NO2.